The molecule has 5 nitrogen and oxygen atoms in total. The van der Waals surface area contributed by atoms with Crippen molar-refractivity contribution < 1.29 is 4.42 Å². The van der Waals surface area contributed by atoms with Crippen LogP contribution in [0.25, 0.3) is 94.7 Å². The van der Waals surface area contributed by atoms with Gasteiger partial charge in [0.15, 0.2) is 11.6 Å². The molecule has 0 fully saturated rings. The molecule has 53 heavy (non-hydrogen) atoms. The normalized spacial score (nSPS) is 13.2. The van der Waals surface area contributed by atoms with Crippen LogP contribution in [0.3, 0.4) is 0 Å². The van der Waals surface area contributed by atoms with Gasteiger partial charge in [-0.15, -0.1) is 0 Å². The van der Waals surface area contributed by atoms with Crippen molar-refractivity contribution in [1.82, 2.24) is 19.5 Å². The molecule has 11 rings (SSSR count). The molecule has 0 aliphatic heterocycles. The van der Waals surface area contributed by atoms with E-state index in [-0.39, 0.29) is 5.41 Å². The minimum Gasteiger partial charge on any atom is -0.456 e. The maximum absolute atomic E-state index is 6.32. The summed E-state index contributed by atoms with van der Waals surface area (Å²) in [5.41, 5.74) is 12.9. The Bertz CT molecular complexity index is 3100. The fourth-order valence-corrected chi connectivity index (χ4v) is 8.44. The van der Waals surface area contributed by atoms with Crippen LogP contribution in [0.5, 0.6) is 0 Å². The van der Waals surface area contributed by atoms with Gasteiger partial charge in [0, 0.05) is 38.1 Å². The highest BCUT2D eigenvalue weighted by Gasteiger charge is 2.36. The molecule has 5 heteroatoms. The molecule has 0 atom stereocenters. The van der Waals surface area contributed by atoms with Crippen LogP contribution in [0.2, 0.25) is 0 Å². The molecule has 0 bridgehead atoms. The molecule has 0 spiro atoms. The quantitative estimate of drug-likeness (QED) is 0.186. The molecule has 0 amide bonds. The van der Waals surface area contributed by atoms with Crippen LogP contribution in [-0.4, -0.2) is 19.5 Å². The summed E-state index contributed by atoms with van der Waals surface area (Å²) in [7, 11) is 0. The zero-order chi connectivity index (χ0) is 35.3. The smallest absolute Gasteiger partial charge is 0.238 e. The van der Waals surface area contributed by atoms with Crippen molar-refractivity contribution in [3.8, 4) is 51.0 Å². The third-order valence-corrected chi connectivity index (χ3v) is 11.1. The molecule has 0 saturated heterocycles. The number of hydrogen-bond acceptors (Lipinski definition) is 4. The first-order chi connectivity index (χ1) is 26.0. The molecular weight excluding hydrogens is 649 g/mol. The molecule has 3 aromatic heterocycles. The predicted octanol–water partition coefficient (Wildman–Crippen LogP) is 12.2. The first-order valence-corrected chi connectivity index (χ1v) is 18.0. The van der Waals surface area contributed by atoms with E-state index in [1.165, 1.54) is 27.6 Å². The van der Waals surface area contributed by atoms with E-state index in [4.69, 9.17) is 19.4 Å². The van der Waals surface area contributed by atoms with Crippen molar-refractivity contribution in [3.05, 3.63) is 169 Å². The number of rotatable bonds is 4. The van der Waals surface area contributed by atoms with Crippen molar-refractivity contribution in [1.29, 1.82) is 0 Å². The maximum Gasteiger partial charge on any atom is 0.238 e. The molecule has 10 aromatic rings. The van der Waals surface area contributed by atoms with Crippen LogP contribution in [0.1, 0.15) is 25.0 Å². The topological polar surface area (TPSA) is 56.7 Å². The lowest BCUT2D eigenvalue weighted by molar-refractivity contribution is 0.661. The van der Waals surface area contributed by atoms with Gasteiger partial charge in [0.2, 0.25) is 5.95 Å². The van der Waals surface area contributed by atoms with Gasteiger partial charge in [-0.1, -0.05) is 129 Å². The van der Waals surface area contributed by atoms with Crippen molar-refractivity contribution in [2.24, 2.45) is 0 Å². The van der Waals surface area contributed by atoms with Crippen LogP contribution in [0, 0.1) is 0 Å². The zero-order valence-electron chi connectivity index (χ0n) is 29.2. The summed E-state index contributed by atoms with van der Waals surface area (Å²) in [4.78, 5) is 15.7. The number of aromatic nitrogens is 4. The number of nitrogens with zero attached hydrogens (tertiary/aromatic N) is 4. The van der Waals surface area contributed by atoms with Gasteiger partial charge in [0.1, 0.15) is 11.2 Å². The molecule has 0 radical (unpaired) electrons. The lowest BCUT2D eigenvalue weighted by Crippen LogP contribution is -2.14. The predicted molar refractivity (Wildman–Crippen MR) is 215 cm³/mol. The Labute approximate surface area is 305 Å². The lowest BCUT2D eigenvalue weighted by Gasteiger charge is -2.21. The Morgan fingerprint density at radius 2 is 1.11 bits per heavy atom. The van der Waals surface area contributed by atoms with Crippen LogP contribution in [-0.2, 0) is 5.41 Å². The minimum absolute atomic E-state index is 0.115. The molecule has 7 aromatic carbocycles. The van der Waals surface area contributed by atoms with Gasteiger partial charge in [-0.2, -0.15) is 9.97 Å². The standard InChI is InChI=1S/C48H32N4O/c1-48(2)39-20-9-6-17-33(39)37-28-42-38(27-40(37)48)34-18-7-10-21-41(34)52(42)47-50-45(31-16-12-15-30(25-31)29-13-4-3-5-14-29)49-46(51-47)32-23-24-36-35-19-8-11-22-43(35)53-44(36)26-32/h3-28H,1-2H3. The van der Waals surface area contributed by atoms with Gasteiger partial charge in [0.05, 0.1) is 11.0 Å². The van der Waals surface area contributed by atoms with Crippen molar-refractivity contribution in [3.63, 3.8) is 0 Å². The molecule has 1 aliphatic rings. The van der Waals surface area contributed by atoms with E-state index in [0.29, 0.717) is 17.6 Å². The Morgan fingerprint density at radius 1 is 0.434 bits per heavy atom. The van der Waals surface area contributed by atoms with E-state index in [2.05, 4.69) is 152 Å². The highest BCUT2D eigenvalue weighted by molar-refractivity contribution is 6.11. The lowest BCUT2D eigenvalue weighted by atomic mass is 9.82. The largest absolute Gasteiger partial charge is 0.456 e. The summed E-state index contributed by atoms with van der Waals surface area (Å²) in [6, 6.07) is 55.4. The van der Waals surface area contributed by atoms with Gasteiger partial charge < -0.3 is 4.42 Å². The van der Waals surface area contributed by atoms with Crippen LogP contribution >= 0.6 is 0 Å². The van der Waals surface area contributed by atoms with Gasteiger partial charge in [-0.05, 0) is 75.8 Å². The maximum atomic E-state index is 6.32. The molecular formula is C48H32N4O. The van der Waals surface area contributed by atoms with Crippen molar-refractivity contribution in [2.45, 2.75) is 19.3 Å². The second-order valence-corrected chi connectivity index (χ2v) is 14.5. The van der Waals surface area contributed by atoms with Crippen LogP contribution < -0.4 is 0 Å². The molecule has 250 valence electrons. The Kier molecular flexibility index (Phi) is 6.23. The third kappa shape index (κ3) is 4.47. The van der Waals surface area contributed by atoms with E-state index in [1.807, 2.05) is 24.3 Å². The highest BCUT2D eigenvalue weighted by Crippen LogP contribution is 2.51. The summed E-state index contributed by atoms with van der Waals surface area (Å²) in [6.07, 6.45) is 0. The average Bonchev–Trinajstić information content (AvgIpc) is 3.82. The summed E-state index contributed by atoms with van der Waals surface area (Å²) in [6.45, 7) is 4.66. The van der Waals surface area contributed by atoms with Crippen molar-refractivity contribution >= 4 is 43.7 Å². The number of furan rings is 1. The molecule has 0 N–H and O–H groups in total. The Hall–Kier alpha value is -6.85. The summed E-state index contributed by atoms with van der Waals surface area (Å²) in [5, 5.41) is 4.49. The van der Waals surface area contributed by atoms with E-state index in [1.54, 1.807) is 0 Å². The second-order valence-electron chi connectivity index (χ2n) is 14.5. The number of para-hydroxylation sites is 2. The van der Waals surface area contributed by atoms with Crippen LogP contribution in [0.4, 0.5) is 0 Å². The zero-order valence-corrected chi connectivity index (χ0v) is 29.2. The molecule has 0 unspecified atom stereocenters. The van der Waals surface area contributed by atoms with Gasteiger partial charge in [-0.25, -0.2) is 4.98 Å². The SMILES string of the molecule is CC1(C)c2ccccc2-c2cc3c(cc21)c1ccccc1n3-c1nc(-c2cccc(-c3ccccc3)c2)nc(-c2ccc3c(c2)oc2ccccc23)n1. The van der Waals surface area contributed by atoms with E-state index >= 15 is 0 Å². The first kappa shape index (κ1) is 29.8. The van der Waals surface area contributed by atoms with Gasteiger partial charge in [0.25, 0.3) is 0 Å². The monoisotopic (exact) mass is 680 g/mol. The number of benzene rings is 7. The van der Waals surface area contributed by atoms with Crippen molar-refractivity contribution in [2.75, 3.05) is 0 Å². The van der Waals surface area contributed by atoms with Crippen LogP contribution in [0.15, 0.2) is 162 Å². The molecule has 1 aliphatic carbocycles. The third-order valence-electron chi connectivity index (χ3n) is 11.1. The fourth-order valence-electron chi connectivity index (χ4n) is 8.44. The Balaban J connectivity index is 1.18. The van der Waals surface area contributed by atoms with Gasteiger partial charge in [-0.3, -0.25) is 4.57 Å². The van der Waals surface area contributed by atoms with E-state index in [9.17, 15) is 0 Å². The first-order valence-electron chi connectivity index (χ1n) is 18.0. The fraction of sp³-hybridized carbons (Fsp3) is 0.0625. The minimum atomic E-state index is -0.115. The summed E-state index contributed by atoms with van der Waals surface area (Å²) >= 11 is 0. The number of hydrogen-bond donors (Lipinski definition) is 0. The highest BCUT2D eigenvalue weighted by atomic mass is 16.3. The number of fused-ring (bicyclic) bond motifs is 9. The Morgan fingerprint density at radius 3 is 1.98 bits per heavy atom. The van der Waals surface area contributed by atoms with Gasteiger partial charge >= 0.3 is 0 Å². The molecule has 3 heterocycles. The second kappa shape index (κ2) is 11.1. The van der Waals surface area contributed by atoms with E-state index < -0.39 is 0 Å². The summed E-state index contributed by atoms with van der Waals surface area (Å²) < 4.78 is 8.54. The summed E-state index contributed by atoms with van der Waals surface area (Å²) in [5.74, 6) is 1.75. The average molecular weight is 681 g/mol. The molecule has 0 saturated carbocycles. The van der Waals surface area contributed by atoms with E-state index in [0.717, 1.165) is 60.6 Å².